The summed E-state index contributed by atoms with van der Waals surface area (Å²) in [5.74, 6) is 1.34. The quantitative estimate of drug-likeness (QED) is 0.592. The molecule has 0 spiro atoms. The maximum atomic E-state index is 11.4. The van der Waals surface area contributed by atoms with E-state index >= 15 is 0 Å². The molecule has 0 fully saturated rings. The second-order valence-corrected chi connectivity index (χ2v) is 5.89. The van der Waals surface area contributed by atoms with Crippen molar-refractivity contribution >= 4 is 17.5 Å². The first-order valence-electron chi connectivity index (χ1n) is 6.54. The van der Waals surface area contributed by atoms with E-state index in [0.717, 1.165) is 17.1 Å². The third-order valence-electron chi connectivity index (χ3n) is 3.02. The summed E-state index contributed by atoms with van der Waals surface area (Å²) in [6.07, 6.45) is 1.97. The molecule has 6 nitrogen and oxygen atoms in total. The summed E-state index contributed by atoms with van der Waals surface area (Å²) in [6, 6.07) is 3.50. The number of H-pyrrole nitrogens is 1. The van der Waals surface area contributed by atoms with Gasteiger partial charge in [0.15, 0.2) is 5.16 Å². The number of rotatable bonds is 3. The lowest BCUT2D eigenvalue weighted by Crippen LogP contribution is -2.08. The van der Waals surface area contributed by atoms with Crippen molar-refractivity contribution in [3.8, 4) is 0 Å². The predicted octanol–water partition coefficient (Wildman–Crippen LogP) is 2.03. The fourth-order valence-electron chi connectivity index (χ4n) is 2.15. The Morgan fingerprint density at radius 3 is 2.67 bits per heavy atom. The number of nitrogens with zero attached hydrogens (tertiary/aromatic N) is 4. The molecule has 0 bridgehead atoms. The van der Waals surface area contributed by atoms with Gasteiger partial charge in [-0.25, -0.2) is 15.0 Å². The number of thioether (sulfide) groups is 1. The lowest BCUT2D eigenvalue weighted by Gasteiger charge is -1.99. The van der Waals surface area contributed by atoms with Gasteiger partial charge in [0.05, 0.1) is 5.69 Å². The van der Waals surface area contributed by atoms with Crippen molar-refractivity contribution in [2.75, 3.05) is 0 Å². The molecule has 3 aromatic heterocycles. The second kappa shape index (κ2) is 5.33. The highest BCUT2D eigenvalue weighted by Crippen LogP contribution is 2.18. The van der Waals surface area contributed by atoms with E-state index in [1.165, 1.54) is 17.8 Å². The number of aromatic amines is 1. The molecule has 0 aliphatic rings. The summed E-state index contributed by atoms with van der Waals surface area (Å²) in [7, 11) is 0. The minimum atomic E-state index is -0.131. The summed E-state index contributed by atoms with van der Waals surface area (Å²) in [5.41, 5.74) is 3.54. The van der Waals surface area contributed by atoms with Crippen molar-refractivity contribution in [1.29, 1.82) is 0 Å². The van der Waals surface area contributed by atoms with Gasteiger partial charge in [-0.05, 0) is 26.8 Å². The Bertz CT molecular complexity index is 867. The van der Waals surface area contributed by atoms with Gasteiger partial charge in [0.2, 0.25) is 5.78 Å². The summed E-state index contributed by atoms with van der Waals surface area (Å²) >= 11 is 1.46. The molecule has 7 heteroatoms. The van der Waals surface area contributed by atoms with Crippen molar-refractivity contribution in [2.24, 2.45) is 0 Å². The Labute approximate surface area is 125 Å². The molecule has 0 amide bonds. The fraction of sp³-hybridized carbons (Fsp3) is 0.286. The van der Waals surface area contributed by atoms with E-state index in [1.54, 1.807) is 6.92 Å². The van der Waals surface area contributed by atoms with Crippen LogP contribution in [-0.2, 0) is 5.75 Å². The van der Waals surface area contributed by atoms with Crippen LogP contribution in [0, 0.1) is 20.8 Å². The van der Waals surface area contributed by atoms with Gasteiger partial charge >= 0.3 is 0 Å². The highest BCUT2D eigenvalue weighted by molar-refractivity contribution is 7.98. The predicted molar refractivity (Wildman–Crippen MR) is 81.6 cm³/mol. The van der Waals surface area contributed by atoms with Gasteiger partial charge < -0.3 is 4.98 Å². The summed E-state index contributed by atoms with van der Waals surface area (Å²) in [4.78, 5) is 27.3. The SMILES string of the molecule is Cc1cc(=O)[nH]c(SCc2cn3c(C)cc(C)nc3n2)n1. The van der Waals surface area contributed by atoms with Crippen molar-refractivity contribution in [2.45, 2.75) is 31.7 Å². The monoisotopic (exact) mass is 301 g/mol. The molecular formula is C14H15N5OS. The molecular weight excluding hydrogens is 286 g/mol. The van der Waals surface area contributed by atoms with Crippen LogP contribution in [0.2, 0.25) is 0 Å². The molecule has 0 radical (unpaired) electrons. The maximum absolute atomic E-state index is 11.4. The Morgan fingerprint density at radius 1 is 1.14 bits per heavy atom. The number of hydrogen-bond donors (Lipinski definition) is 1. The smallest absolute Gasteiger partial charge is 0.251 e. The number of hydrogen-bond acceptors (Lipinski definition) is 5. The third-order valence-corrected chi connectivity index (χ3v) is 3.92. The highest BCUT2D eigenvalue weighted by Gasteiger charge is 2.07. The molecule has 0 saturated carbocycles. The first-order chi connectivity index (χ1) is 10.0. The molecule has 21 heavy (non-hydrogen) atoms. The standard InChI is InChI=1S/C14H15N5OS/c1-8-4-10(3)19-6-11(17-13(19)15-8)7-21-14-16-9(2)5-12(20)18-14/h4-6H,7H2,1-3H3,(H,16,18,20). The average Bonchev–Trinajstić information content (AvgIpc) is 2.78. The van der Waals surface area contributed by atoms with Crippen LogP contribution in [0.5, 0.6) is 0 Å². The summed E-state index contributed by atoms with van der Waals surface area (Å²) < 4.78 is 1.97. The average molecular weight is 301 g/mol. The fourth-order valence-corrected chi connectivity index (χ4v) is 2.96. The van der Waals surface area contributed by atoms with Crippen LogP contribution < -0.4 is 5.56 Å². The van der Waals surface area contributed by atoms with Gasteiger partial charge in [0.25, 0.3) is 5.56 Å². The lowest BCUT2D eigenvalue weighted by atomic mass is 10.3. The number of aryl methyl sites for hydroxylation is 3. The zero-order valence-electron chi connectivity index (χ0n) is 12.0. The Hall–Kier alpha value is -2.15. The van der Waals surface area contributed by atoms with Crippen LogP contribution in [0.4, 0.5) is 0 Å². The van der Waals surface area contributed by atoms with Crippen LogP contribution in [0.25, 0.3) is 5.78 Å². The van der Waals surface area contributed by atoms with Gasteiger partial charge in [-0.3, -0.25) is 9.20 Å². The molecule has 0 aliphatic heterocycles. The van der Waals surface area contributed by atoms with E-state index in [-0.39, 0.29) is 5.56 Å². The molecule has 108 valence electrons. The van der Waals surface area contributed by atoms with Crippen molar-refractivity contribution in [3.05, 3.63) is 51.5 Å². The minimum Gasteiger partial charge on any atom is -0.301 e. The van der Waals surface area contributed by atoms with Crippen molar-refractivity contribution < 1.29 is 0 Å². The van der Waals surface area contributed by atoms with Gasteiger partial charge in [0, 0.05) is 35.1 Å². The van der Waals surface area contributed by atoms with E-state index in [2.05, 4.69) is 19.9 Å². The van der Waals surface area contributed by atoms with Gasteiger partial charge in [-0.2, -0.15) is 0 Å². The summed E-state index contributed by atoms with van der Waals surface area (Å²) in [5, 5.41) is 0.609. The van der Waals surface area contributed by atoms with E-state index in [0.29, 0.717) is 22.4 Å². The Kier molecular flexibility index (Phi) is 3.50. The van der Waals surface area contributed by atoms with Gasteiger partial charge in [-0.15, -0.1) is 0 Å². The van der Waals surface area contributed by atoms with Gasteiger partial charge in [0.1, 0.15) is 0 Å². The molecule has 3 rings (SSSR count). The molecule has 0 aromatic carbocycles. The zero-order chi connectivity index (χ0) is 15.0. The second-order valence-electron chi connectivity index (χ2n) is 4.92. The Balaban J connectivity index is 1.85. The normalized spacial score (nSPS) is 11.2. The highest BCUT2D eigenvalue weighted by atomic mass is 32.2. The van der Waals surface area contributed by atoms with Crippen LogP contribution in [0.1, 0.15) is 22.8 Å². The summed E-state index contributed by atoms with van der Waals surface area (Å²) in [6.45, 7) is 5.79. The van der Waals surface area contributed by atoms with Crippen LogP contribution in [0.3, 0.4) is 0 Å². The number of imidazole rings is 1. The number of nitrogens with one attached hydrogen (secondary N) is 1. The largest absolute Gasteiger partial charge is 0.301 e. The molecule has 3 aromatic rings. The van der Waals surface area contributed by atoms with Gasteiger partial charge in [-0.1, -0.05) is 11.8 Å². The van der Waals surface area contributed by atoms with E-state index < -0.39 is 0 Å². The van der Waals surface area contributed by atoms with E-state index in [1.807, 2.05) is 30.5 Å². The van der Waals surface area contributed by atoms with Crippen LogP contribution >= 0.6 is 11.8 Å². The third kappa shape index (κ3) is 2.97. The van der Waals surface area contributed by atoms with Crippen LogP contribution in [0.15, 0.2) is 28.3 Å². The van der Waals surface area contributed by atoms with Crippen molar-refractivity contribution in [1.82, 2.24) is 24.3 Å². The molecule has 0 unspecified atom stereocenters. The molecule has 0 atom stereocenters. The molecule has 0 saturated heterocycles. The van der Waals surface area contributed by atoms with E-state index in [4.69, 9.17) is 0 Å². The minimum absolute atomic E-state index is 0.131. The molecule has 1 N–H and O–H groups in total. The number of fused-ring (bicyclic) bond motifs is 1. The van der Waals surface area contributed by atoms with E-state index in [9.17, 15) is 4.79 Å². The van der Waals surface area contributed by atoms with Crippen molar-refractivity contribution in [3.63, 3.8) is 0 Å². The molecule has 3 heterocycles. The first-order valence-corrected chi connectivity index (χ1v) is 7.53. The first kappa shape index (κ1) is 13.8. The lowest BCUT2D eigenvalue weighted by molar-refractivity contribution is 0.904. The maximum Gasteiger partial charge on any atom is 0.251 e. The number of aromatic nitrogens is 5. The van der Waals surface area contributed by atoms with Crippen LogP contribution in [-0.4, -0.2) is 24.3 Å². The topological polar surface area (TPSA) is 75.9 Å². The Morgan fingerprint density at radius 2 is 1.90 bits per heavy atom. The zero-order valence-corrected chi connectivity index (χ0v) is 12.9. The molecule has 0 aliphatic carbocycles.